The highest BCUT2D eigenvalue weighted by molar-refractivity contribution is 6.62. The predicted molar refractivity (Wildman–Crippen MR) is 109 cm³/mol. The number of ether oxygens (including phenoxy) is 2. The zero-order valence-corrected chi connectivity index (χ0v) is 17.9. The van der Waals surface area contributed by atoms with E-state index in [9.17, 15) is 0 Å². The van der Waals surface area contributed by atoms with Crippen LogP contribution in [0.25, 0.3) is 0 Å². The Hall–Kier alpha value is -1.08. The molecule has 150 valence electrons. The van der Waals surface area contributed by atoms with E-state index in [0.717, 1.165) is 42.9 Å². The SMILES string of the molecule is CCC1COC(C)CN1Cc1cc(B2OC(C)(C)C(C)(C)O2)ccc1OC. The normalized spacial score (nSPS) is 27.7. The molecule has 0 amide bonds. The first-order valence-electron chi connectivity index (χ1n) is 10.0. The Labute approximate surface area is 164 Å². The second-order valence-electron chi connectivity index (χ2n) is 8.80. The smallest absolute Gasteiger partial charge is 0.494 e. The topological polar surface area (TPSA) is 40.2 Å². The number of hydrogen-bond donors (Lipinski definition) is 0. The molecule has 2 unspecified atom stereocenters. The lowest BCUT2D eigenvalue weighted by Gasteiger charge is -2.38. The summed E-state index contributed by atoms with van der Waals surface area (Å²) in [4.78, 5) is 2.50. The molecule has 27 heavy (non-hydrogen) atoms. The lowest BCUT2D eigenvalue weighted by Crippen LogP contribution is -2.48. The third-order valence-electron chi connectivity index (χ3n) is 6.26. The van der Waals surface area contributed by atoms with Crippen LogP contribution in [0.3, 0.4) is 0 Å². The summed E-state index contributed by atoms with van der Waals surface area (Å²) in [6, 6.07) is 6.68. The van der Waals surface area contributed by atoms with Crippen LogP contribution in [0.4, 0.5) is 0 Å². The van der Waals surface area contributed by atoms with Crippen molar-refractivity contribution in [3.8, 4) is 5.75 Å². The monoisotopic (exact) mass is 375 g/mol. The van der Waals surface area contributed by atoms with Gasteiger partial charge in [-0.1, -0.05) is 19.1 Å². The minimum absolute atomic E-state index is 0.255. The maximum Gasteiger partial charge on any atom is 0.494 e. The summed E-state index contributed by atoms with van der Waals surface area (Å²) < 4.78 is 23.9. The Kier molecular flexibility index (Phi) is 5.92. The van der Waals surface area contributed by atoms with E-state index in [4.69, 9.17) is 18.8 Å². The molecule has 0 spiro atoms. The Morgan fingerprint density at radius 3 is 2.44 bits per heavy atom. The Bertz CT molecular complexity index is 648. The quantitative estimate of drug-likeness (QED) is 0.740. The number of morpholine rings is 1. The minimum atomic E-state index is -0.356. The van der Waals surface area contributed by atoms with Crippen molar-refractivity contribution in [1.82, 2.24) is 4.90 Å². The average Bonchev–Trinajstić information content (AvgIpc) is 2.83. The van der Waals surface area contributed by atoms with Crippen molar-refractivity contribution in [1.29, 1.82) is 0 Å². The van der Waals surface area contributed by atoms with Crippen LogP contribution in [-0.2, 0) is 20.6 Å². The molecule has 0 aliphatic carbocycles. The van der Waals surface area contributed by atoms with Gasteiger partial charge >= 0.3 is 7.12 Å². The second kappa shape index (κ2) is 7.74. The van der Waals surface area contributed by atoms with Gasteiger partial charge in [0.05, 0.1) is 31.0 Å². The number of benzene rings is 1. The maximum absolute atomic E-state index is 6.23. The van der Waals surface area contributed by atoms with E-state index in [1.54, 1.807) is 7.11 Å². The molecule has 0 N–H and O–H groups in total. The van der Waals surface area contributed by atoms with Gasteiger partial charge < -0.3 is 18.8 Å². The zero-order valence-electron chi connectivity index (χ0n) is 17.9. The molecule has 2 heterocycles. The molecule has 5 nitrogen and oxygen atoms in total. The molecule has 2 fully saturated rings. The van der Waals surface area contributed by atoms with Gasteiger partial charge in [0.1, 0.15) is 5.75 Å². The van der Waals surface area contributed by atoms with E-state index in [0.29, 0.717) is 6.04 Å². The van der Waals surface area contributed by atoms with Gasteiger partial charge in [0.2, 0.25) is 0 Å². The van der Waals surface area contributed by atoms with Gasteiger partial charge in [0.15, 0.2) is 0 Å². The Morgan fingerprint density at radius 2 is 1.85 bits per heavy atom. The van der Waals surface area contributed by atoms with E-state index in [2.05, 4.69) is 52.5 Å². The van der Waals surface area contributed by atoms with Crippen LogP contribution in [0.1, 0.15) is 53.5 Å². The van der Waals surface area contributed by atoms with Crippen molar-refractivity contribution in [3.63, 3.8) is 0 Å². The van der Waals surface area contributed by atoms with Crippen LogP contribution < -0.4 is 10.2 Å². The van der Waals surface area contributed by atoms with E-state index in [-0.39, 0.29) is 24.4 Å². The van der Waals surface area contributed by atoms with Crippen molar-refractivity contribution < 1.29 is 18.8 Å². The van der Waals surface area contributed by atoms with Gasteiger partial charge in [-0.05, 0) is 52.6 Å². The number of methoxy groups -OCH3 is 1. The molecule has 2 aliphatic rings. The lowest BCUT2D eigenvalue weighted by atomic mass is 9.78. The lowest BCUT2D eigenvalue weighted by molar-refractivity contribution is -0.0593. The third kappa shape index (κ3) is 4.19. The third-order valence-corrected chi connectivity index (χ3v) is 6.26. The molecule has 0 bridgehead atoms. The van der Waals surface area contributed by atoms with Crippen LogP contribution in [0.15, 0.2) is 18.2 Å². The molecular formula is C21H34BNO4. The first kappa shape index (κ1) is 20.7. The summed E-state index contributed by atoms with van der Waals surface area (Å²) in [6.45, 7) is 15.2. The molecule has 1 aromatic carbocycles. The summed E-state index contributed by atoms with van der Waals surface area (Å²) in [5, 5.41) is 0. The average molecular weight is 375 g/mol. The van der Waals surface area contributed by atoms with Gasteiger partial charge in [-0.15, -0.1) is 0 Å². The van der Waals surface area contributed by atoms with E-state index in [1.807, 2.05) is 12.1 Å². The summed E-state index contributed by atoms with van der Waals surface area (Å²) >= 11 is 0. The van der Waals surface area contributed by atoms with Crippen molar-refractivity contribution in [2.24, 2.45) is 0 Å². The highest BCUT2D eigenvalue weighted by Gasteiger charge is 2.51. The van der Waals surface area contributed by atoms with Gasteiger partial charge in [0, 0.05) is 24.7 Å². The van der Waals surface area contributed by atoms with E-state index >= 15 is 0 Å². The fourth-order valence-electron chi connectivity index (χ4n) is 3.75. The molecule has 2 atom stereocenters. The molecular weight excluding hydrogens is 341 g/mol. The molecule has 2 saturated heterocycles. The van der Waals surface area contributed by atoms with Gasteiger partial charge in [-0.2, -0.15) is 0 Å². The largest absolute Gasteiger partial charge is 0.496 e. The van der Waals surface area contributed by atoms with Crippen LogP contribution in [0, 0.1) is 0 Å². The summed E-state index contributed by atoms with van der Waals surface area (Å²) in [7, 11) is 1.37. The van der Waals surface area contributed by atoms with Crippen molar-refractivity contribution in [3.05, 3.63) is 23.8 Å². The predicted octanol–water partition coefficient (Wildman–Crippen LogP) is 2.99. The molecule has 0 aromatic heterocycles. The van der Waals surface area contributed by atoms with Crippen LogP contribution >= 0.6 is 0 Å². The molecule has 0 saturated carbocycles. The molecule has 2 aliphatic heterocycles. The highest BCUT2D eigenvalue weighted by Crippen LogP contribution is 2.36. The number of hydrogen-bond acceptors (Lipinski definition) is 5. The van der Waals surface area contributed by atoms with Crippen molar-refractivity contribution >= 4 is 12.6 Å². The first-order chi connectivity index (χ1) is 12.7. The Balaban J connectivity index is 1.84. The van der Waals surface area contributed by atoms with Gasteiger partial charge in [0.25, 0.3) is 0 Å². The van der Waals surface area contributed by atoms with Crippen molar-refractivity contribution in [2.45, 2.75) is 77.9 Å². The van der Waals surface area contributed by atoms with Gasteiger partial charge in [-0.3, -0.25) is 4.90 Å². The summed E-state index contributed by atoms with van der Waals surface area (Å²) in [6.07, 6.45) is 1.33. The Morgan fingerprint density at radius 1 is 1.19 bits per heavy atom. The molecule has 6 heteroatoms. The van der Waals surface area contributed by atoms with Crippen LogP contribution in [0.5, 0.6) is 5.75 Å². The fourth-order valence-corrected chi connectivity index (χ4v) is 3.75. The van der Waals surface area contributed by atoms with Crippen molar-refractivity contribution in [2.75, 3.05) is 20.3 Å². The minimum Gasteiger partial charge on any atom is -0.496 e. The van der Waals surface area contributed by atoms with E-state index < -0.39 is 0 Å². The summed E-state index contributed by atoms with van der Waals surface area (Å²) in [5.41, 5.74) is 1.52. The molecule has 0 radical (unpaired) electrons. The standard InChI is InChI=1S/C21H34BNO4/c1-8-18-14-25-15(2)12-23(18)13-16-11-17(9-10-19(16)24-7)22-26-20(3,4)21(5,6)27-22/h9-11,15,18H,8,12-14H2,1-7H3. The summed E-state index contributed by atoms with van der Waals surface area (Å²) in [5.74, 6) is 0.907. The second-order valence-corrected chi connectivity index (χ2v) is 8.80. The van der Waals surface area contributed by atoms with E-state index in [1.165, 1.54) is 0 Å². The zero-order chi connectivity index (χ0) is 19.8. The molecule has 1 aromatic rings. The van der Waals surface area contributed by atoms with Crippen LogP contribution in [0.2, 0.25) is 0 Å². The fraction of sp³-hybridized carbons (Fsp3) is 0.714. The molecule has 3 rings (SSSR count). The number of rotatable bonds is 5. The maximum atomic E-state index is 6.23. The van der Waals surface area contributed by atoms with Gasteiger partial charge in [-0.25, -0.2) is 0 Å². The van der Waals surface area contributed by atoms with Crippen LogP contribution in [-0.4, -0.2) is 55.6 Å². The highest BCUT2D eigenvalue weighted by atomic mass is 16.7. The first-order valence-corrected chi connectivity index (χ1v) is 10.0. The number of nitrogens with zero attached hydrogens (tertiary/aromatic N) is 1.